The van der Waals surface area contributed by atoms with Gasteiger partial charge in [-0.1, -0.05) is 24.3 Å². The number of carbonyl (C=O) groups excluding carboxylic acids is 2. The molecule has 0 atom stereocenters. The van der Waals surface area contributed by atoms with E-state index < -0.39 is 0 Å². The molecule has 2 aromatic carbocycles. The normalized spacial score (nSPS) is 10.1. The Hall–Kier alpha value is -2.89. The van der Waals surface area contributed by atoms with E-state index in [1.165, 1.54) is 12.1 Å². The van der Waals surface area contributed by atoms with Crippen molar-refractivity contribution < 1.29 is 14.0 Å². The highest BCUT2D eigenvalue weighted by molar-refractivity contribution is 5.94. The van der Waals surface area contributed by atoms with Crippen molar-refractivity contribution in [2.24, 2.45) is 0 Å². The Labute approximate surface area is 140 Å². The first-order valence-electron chi connectivity index (χ1n) is 7.65. The van der Waals surface area contributed by atoms with Crippen LogP contribution in [0.4, 0.5) is 9.18 Å². The molecule has 0 aromatic heterocycles. The van der Waals surface area contributed by atoms with Gasteiger partial charge in [0.05, 0.1) is 0 Å². The number of halogens is 1. The molecule has 3 amide bonds. The van der Waals surface area contributed by atoms with E-state index in [4.69, 9.17) is 0 Å². The van der Waals surface area contributed by atoms with Crippen LogP contribution in [-0.2, 0) is 13.0 Å². The first-order chi connectivity index (χ1) is 11.6. The SMILES string of the molecule is CNC(=O)c1cccc(CCNC(=O)NCc2cccc(F)c2)c1. The molecule has 0 aliphatic rings. The van der Waals surface area contributed by atoms with E-state index in [0.717, 1.165) is 5.56 Å². The lowest BCUT2D eigenvalue weighted by Crippen LogP contribution is -2.36. The van der Waals surface area contributed by atoms with Crippen LogP contribution in [0.1, 0.15) is 21.5 Å². The first-order valence-corrected chi connectivity index (χ1v) is 7.65. The maximum atomic E-state index is 13.0. The van der Waals surface area contributed by atoms with Crippen LogP contribution in [0.15, 0.2) is 48.5 Å². The average Bonchev–Trinajstić information content (AvgIpc) is 2.59. The van der Waals surface area contributed by atoms with E-state index in [-0.39, 0.29) is 24.3 Å². The van der Waals surface area contributed by atoms with E-state index in [2.05, 4.69) is 16.0 Å². The lowest BCUT2D eigenvalue weighted by atomic mass is 10.1. The lowest BCUT2D eigenvalue weighted by molar-refractivity contribution is 0.0963. The van der Waals surface area contributed by atoms with Crippen LogP contribution in [0.25, 0.3) is 0 Å². The second-order valence-electron chi connectivity index (χ2n) is 5.27. The van der Waals surface area contributed by atoms with Crippen molar-refractivity contribution in [1.29, 1.82) is 0 Å². The zero-order valence-electron chi connectivity index (χ0n) is 13.4. The highest BCUT2D eigenvalue weighted by Gasteiger charge is 2.05. The van der Waals surface area contributed by atoms with E-state index in [9.17, 15) is 14.0 Å². The van der Waals surface area contributed by atoms with Crippen molar-refractivity contribution in [3.05, 3.63) is 71.0 Å². The smallest absolute Gasteiger partial charge is 0.315 e. The van der Waals surface area contributed by atoms with Gasteiger partial charge in [0.15, 0.2) is 0 Å². The molecule has 0 saturated carbocycles. The highest BCUT2D eigenvalue weighted by atomic mass is 19.1. The number of rotatable bonds is 6. The van der Waals surface area contributed by atoms with Crippen LogP contribution < -0.4 is 16.0 Å². The molecule has 0 fully saturated rings. The molecule has 6 heteroatoms. The fraction of sp³-hybridized carbons (Fsp3) is 0.222. The van der Waals surface area contributed by atoms with Crippen LogP contribution in [0, 0.1) is 5.82 Å². The molecule has 0 spiro atoms. The lowest BCUT2D eigenvalue weighted by Gasteiger charge is -2.08. The van der Waals surface area contributed by atoms with Crippen LogP contribution in [0.3, 0.4) is 0 Å². The minimum absolute atomic E-state index is 0.141. The van der Waals surface area contributed by atoms with Gasteiger partial charge in [-0.05, 0) is 41.8 Å². The van der Waals surface area contributed by atoms with E-state index in [1.54, 1.807) is 31.3 Å². The number of urea groups is 1. The fourth-order valence-electron chi connectivity index (χ4n) is 2.22. The van der Waals surface area contributed by atoms with E-state index >= 15 is 0 Å². The van der Waals surface area contributed by atoms with Crippen LogP contribution in [-0.4, -0.2) is 25.5 Å². The molecular formula is C18H20FN3O2. The largest absolute Gasteiger partial charge is 0.355 e. The summed E-state index contributed by atoms with van der Waals surface area (Å²) in [5.74, 6) is -0.469. The van der Waals surface area contributed by atoms with Crippen molar-refractivity contribution in [3.8, 4) is 0 Å². The van der Waals surface area contributed by atoms with Crippen molar-refractivity contribution in [2.75, 3.05) is 13.6 Å². The average molecular weight is 329 g/mol. The summed E-state index contributed by atoms with van der Waals surface area (Å²) in [6.45, 7) is 0.696. The quantitative estimate of drug-likeness (QED) is 0.760. The van der Waals surface area contributed by atoms with Crippen LogP contribution >= 0.6 is 0 Å². The second kappa shape index (κ2) is 8.67. The van der Waals surface area contributed by atoms with Gasteiger partial charge in [-0.2, -0.15) is 0 Å². The molecule has 0 unspecified atom stereocenters. The second-order valence-corrected chi connectivity index (χ2v) is 5.27. The minimum atomic E-state index is -0.328. The molecule has 0 saturated heterocycles. The van der Waals surface area contributed by atoms with Gasteiger partial charge in [-0.25, -0.2) is 9.18 Å². The number of nitrogens with one attached hydrogen (secondary N) is 3. The summed E-state index contributed by atoms with van der Waals surface area (Å²) >= 11 is 0. The monoisotopic (exact) mass is 329 g/mol. The van der Waals surface area contributed by atoms with Gasteiger partial charge >= 0.3 is 6.03 Å². The molecule has 0 radical (unpaired) electrons. The number of hydrogen-bond acceptors (Lipinski definition) is 2. The standard InChI is InChI=1S/C18H20FN3O2/c1-20-17(23)15-6-2-4-13(10-15)8-9-21-18(24)22-12-14-5-3-7-16(19)11-14/h2-7,10-11H,8-9,12H2,1H3,(H,20,23)(H2,21,22,24). The summed E-state index contributed by atoms with van der Waals surface area (Å²) in [5.41, 5.74) is 2.25. The number of benzene rings is 2. The fourth-order valence-corrected chi connectivity index (χ4v) is 2.22. The van der Waals surface area contributed by atoms with Gasteiger partial charge in [0.2, 0.25) is 0 Å². The van der Waals surface area contributed by atoms with Crippen LogP contribution in [0.2, 0.25) is 0 Å². The number of hydrogen-bond donors (Lipinski definition) is 3. The number of carbonyl (C=O) groups is 2. The molecule has 2 rings (SSSR count). The predicted molar refractivity (Wildman–Crippen MR) is 90.2 cm³/mol. The Morgan fingerprint density at radius 1 is 1.00 bits per heavy atom. The maximum absolute atomic E-state index is 13.0. The summed E-state index contributed by atoms with van der Waals surface area (Å²) in [5, 5.41) is 7.98. The molecule has 126 valence electrons. The Morgan fingerprint density at radius 3 is 2.50 bits per heavy atom. The Kier molecular flexibility index (Phi) is 6.31. The van der Waals surface area contributed by atoms with Gasteiger partial charge in [0.1, 0.15) is 5.82 Å². The van der Waals surface area contributed by atoms with Crippen molar-refractivity contribution in [1.82, 2.24) is 16.0 Å². The third-order valence-corrected chi connectivity index (χ3v) is 3.46. The zero-order chi connectivity index (χ0) is 17.4. The Balaban J connectivity index is 1.75. The molecule has 24 heavy (non-hydrogen) atoms. The molecule has 0 heterocycles. The third-order valence-electron chi connectivity index (χ3n) is 3.46. The summed E-state index contributed by atoms with van der Waals surface area (Å²) < 4.78 is 13.0. The molecule has 3 N–H and O–H groups in total. The highest BCUT2D eigenvalue weighted by Crippen LogP contribution is 2.06. The molecule has 2 aromatic rings. The van der Waals surface area contributed by atoms with Crippen LogP contribution in [0.5, 0.6) is 0 Å². The van der Waals surface area contributed by atoms with E-state index in [0.29, 0.717) is 24.1 Å². The van der Waals surface area contributed by atoms with Crippen molar-refractivity contribution in [2.45, 2.75) is 13.0 Å². The molecular weight excluding hydrogens is 309 g/mol. The van der Waals surface area contributed by atoms with Crippen molar-refractivity contribution in [3.63, 3.8) is 0 Å². The Bertz CT molecular complexity index is 719. The molecule has 0 aliphatic heterocycles. The van der Waals surface area contributed by atoms with E-state index in [1.807, 2.05) is 12.1 Å². The summed E-state index contributed by atoms with van der Waals surface area (Å²) in [6, 6.07) is 13.0. The molecule has 5 nitrogen and oxygen atoms in total. The van der Waals surface area contributed by atoms with Gasteiger partial charge in [0.25, 0.3) is 5.91 Å². The van der Waals surface area contributed by atoms with Gasteiger partial charge in [0, 0.05) is 25.7 Å². The predicted octanol–water partition coefficient (Wildman–Crippen LogP) is 2.23. The Morgan fingerprint density at radius 2 is 1.75 bits per heavy atom. The molecule has 0 bridgehead atoms. The minimum Gasteiger partial charge on any atom is -0.355 e. The van der Waals surface area contributed by atoms with Gasteiger partial charge in [-0.15, -0.1) is 0 Å². The summed E-state index contributed by atoms with van der Waals surface area (Å²) in [6.07, 6.45) is 0.609. The topological polar surface area (TPSA) is 70.2 Å². The third kappa shape index (κ3) is 5.39. The van der Waals surface area contributed by atoms with Crippen molar-refractivity contribution >= 4 is 11.9 Å². The van der Waals surface area contributed by atoms with Gasteiger partial charge in [-0.3, -0.25) is 4.79 Å². The van der Waals surface area contributed by atoms with Gasteiger partial charge < -0.3 is 16.0 Å². The summed E-state index contributed by atoms with van der Waals surface area (Å²) in [7, 11) is 1.58. The summed E-state index contributed by atoms with van der Waals surface area (Å²) in [4.78, 5) is 23.3. The molecule has 0 aliphatic carbocycles. The zero-order valence-corrected chi connectivity index (χ0v) is 13.4. The maximum Gasteiger partial charge on any atom is 0.315 e. The number of amides is 3. The first kappa shape index (κ1) is 17.5.